The molecule has 3 aromatic rings. The largest absolute Gasteiger partial charge is 0.415 e. The van der Waals surface area contributed by atoms with Crippen LogP contribution in [0.4, 0.5) is 4.79 Å². The number of rotatable bonds is 21. The average molecular weight is 731 g/mol. The molecule has 1 heterocycles. The Kier molecular flexibility index (Phi) is 15.6. The van der Waals surface area contributed by atoms with Gasteiger partial charge in [-0.1, -0.05) is 145 Å². The Bertz CT molecular complexity index is 1420. The van der Waals surface area contributed by atoms with E-state index in [-0.39, 0.29) is 29.3 Å². The van der Waals surface area contributed by atoms with E-state index in [0.717, 1.165) is 61.5 Å². The molecule has 280 valence electrons. The maximum atomic E-state index is 14.8. The molecule has 0 saturated carbocycles. The normalized spacial score (nSPS) is 17.7. The summed E-state index contributed by atoms with van der Waals surface area (Å²) in [6, 6.07) is 34.3. The summed E-state index contributed by atoms with van der Waals surface area (Å²) in [4.78, 5) is 19.1. The number of benzene rings is 3. The fourth-order valence-corrected chi connectivity index (χ4v) is 10.9. The Hall–Kier alpha value is -2.76. The Labute approximate surface area is 312 Å². The zero-order chi connectivity index (χ0) is 36.9. The topological polar surface area (TPSA) is 51.2 Å². The molecule has 2 amide bonds. The van der Waals surface area contributed by atoms with Gasteiger partial charge in [-0.05, 0) is 65.8 Å². The minimum atomic E-state index is -2.12. The van der Waals surface area contributed by atoms with Crippen molar-refractivity contribution >= 4 is 22.7 Å². The van der Waals surface area contributed by atoms with Gasteiger partial charge in [0.1, 0.15) is 0 Å². The van der Waals surface area contributed by atoms with Gasteiger partial charge >= 0.3 is 6.03 Å². The van der Waals surface area contributed by atoms with Crippen LogP contribution < -0.4 is 0 Å². The minimum Gasteiger partial charge on any atom is -0.415 e. The van der Waals surface area contributed by atoms with Crippen LogP contribution in [-0.4, -0.2) is 63.9 Å². The van der Waals surface area contributed by atoms with E-state index in [0.29, 0.717) is 26.3 Å². The summed E-state index contributed by atoms with van der Waals surface area (Å²) in [7, 11) is -4.15. The highest BCUT2D eigenvalue weighted by Crippen LogP contribution is 2.39. The number of amides is 2. The highest BCUT2D eigenvalue weighted by atomic mass is 28.4. The van der Waals surface area contributed by atoms with Crippen molar-refractivity contribution in [1.82, 2.24) is 9.80 Å². The molecular weight excluding hydrogens is 665 g/mol. The van der Waals surface area contributed by atoms with Gasteiger partial charge in [0.25, 0.3) is 0 Å². The molecule has 3 atom stereocenters. The molecule has 4 rings (SSSR count). The van der Waals surface area contributed by atoms with Crippen molar-refractivity contribution in [2.24, 2.45) is 0 Å². The smallest absolute Gasteiger partial charge is 0.321 e. The molecule has 3 unspecified atom stereocenters. The van der Waals surface area contributed by atoms with E-state index in [1.165, 1.54) is 5.56 Å². The lowest BCUT2D eigenvalue weighted by Gasteiger charge is -2.42. The predicted molar refractivity (Wildman–Crippen MR) is 217 cm³/mol. The van der Waals surface area contributed by atoms with Crippen molar-refractivity contribution in [1.29, 1.82) is 0 Å². The van der Waals surface area contributed by atoms with Gasteiger partial charge in [0.05, 0.1) is 31.4 Å². The minimum absolute atomic E-state index is 0.0618. The Morgan fingerprint density at radius 2 is 1.22 bits per heavy atom. The molecule has 1 aliphatic heterocycles. The van der Waals surface area contributed by atoms with Crippen molar-refractivity contribution in [2.75, 3.05) is 13.2 Å². The van der Waals surface area contributed by atoms with Crippen LogP contribution in [0.3, 0.4) is 0 Å². The van der Waals surface area contributed by atoms with Crippen LogP contribution in [-0.2, 0) is 33.3 Å². The molecule has 6 nitrogen and oxygen atoms in total. The van der Waals surface area contributed by atoms with Gasteiger partial charge in [0, 0.05) is 19.7 Å². The average Bonchev–Trinajstić information content (AvgIpc) is 3.38. The van der Waals surface area contributed by atoms with E-state index in [2.05, 4.69) is 137 Å². The second-order valence-corrected chi connectivity index (χ2v) is 25.5. The highest BCUT2D eigenvalue weighted by Gasteiger charge is 2.52. The van der Waals surface area contributed by atoms with Gasteiger partial charge in [0.2, 0.25) is 0 Å². The van der Waals surface area contributed by atoms with Gasteiger partial charge in [-0.15, -0.1) is 0 Å². The highest BCUT2D eigenvalue weighted by molar-refractivity contribution is 6.74. The van der Waals surface area contributed by atoms with Gasteiger partial charge in [-0.3, -0.25) is 0 Å². The summed E-state index contributed by atoms with van der Waals surface area (Å²) < 4.78 is 20.6. The van der Waals surface area contributed by atoms with Crippen molar-refractivity contribution in [3.63, 3.8) is 0 Å². The third kappa shape index (κ3) is 11.4. The molecule has 1 aliphatic rings. The zero-order valence-electron chi connectivity index (χ0n) is 32.9. The molecule has 0 N–H and O–H groups in total. The van der Waals surface area contributed by atoms with E-state index >= 15 is 0 Å². The summed E-state index contributed by atoms with van der Waals surface area (Å²) in [6.45, 7) is 21.4. The third-order valence-corrected chi connectivity index (χ3v) is 20.7. The first kappa shape index (κ1) is 41.0. The van der Waals surface area contributed by atoms with Crippen LogP contribution in [0.15, 0.2) is 91.0 Å². The molecule has 0 aromatic heterocycles. The van der Waals surface area contributed by atoms with Gasteiger partial charge < -0.3 is 23.4 Å². The maximum Gasteiger partial charge on any atom is 0.321 e. The van der Waals surface area contributed by atoms with Gasteiger partial charge in [-0.25, -0.2) is 4.79 Å². The number of unbranched alkanes of at least 4 members (excludes halogenated alkanes) is 2. The molecule has 8 heteroatoms. The fourth-order valence-electron chi connectivity index (χ4n) is 7.00. The van der Waals surface area contributed by atoms with Crippen molar-refractivity contribution in [3.05, 3.63) is 108 Å². The zero-order valence-corrected chi connectivity index (χ0v) is 34.9. The third-order valence-electron chi connectivity index (χ3n) is 11.6. The fraction of sp³-hybridized carbons (Fsp3) is 0.558. The molecule has 0 aliphatic carbocycles. The Morgan fingerprint density at radius 3 is 1.73 bits per heavy atom. The van der Waals surface area contributed by atoms with Crippen LogP contribution in [0.1, 0.15) is 83.9 Å². The number of hydrogen-bond acceptors (Lipinski definition) is 4. The molecule has 51 heavy (non-hydrogen) atoms. The van der Waals surface area contributed by atoms with Crippen molar-refractivity contribution in [3.8, 4) is 0 Å². The van der Waals surface area contributed by atoms with Crippen LogP contribution in [0.25, 0.3) is 0 Å². The molecule has 1 fully saturated rings. The van der Waals surface area contributed by atoms with E-state index in [9.17, 15) is 4.79 Å². The summed E-state index contributed by atoms with van der Waals surface area (Å²) >= 11 is 0. The van der Waals surface area contributed by atoms with E-state index in [1.807, 2.05) is 18.2 Å². The molecule has 1 saturated heterocycles. The van der Waals surface area contributed by atoms with Crippen molar-refractivity contribution < 1.29 is 18.4 Å². The first-order valence-electron chi connectivity index (χ1n) is 19.5. The van der Waals surface area contributed by atoms with Crippen LogP contribution >= 0.6 is 0 Å². The molecule has 3 aromatic carbocycles. The second-order valence-electron chi connectivity index (χ2n) is 15.9. The lowest BCUT2D eigenvalue weighted by atomic mass is 9.96. The summed E-state index contributed by atoms with van der Waals surface area (Å²) in [5.74, 6) is 0. The Morgan fingerprint density at radius 1 is 0.706 bits per heavy atom. The molecular formula is C43H66N2O4Si2. The monoisotopic (exact) mass is 730 g/mol. The second kappa shape index (κ2) is 19.4. The van der Waals surface area contributed by atoms with E-state index in [1.54, 1.807) is 0 Å². The van der Waals surface area contributed by atoms with Crippen LogP contribution in [0.5, 0.6) is 0 Å². The summed E-state index contributed by atoms with van der Waals surface area (Å²) in [6.07, 6.45) is 3.92. The number of nitrogens with zero attached hydrogens (tertiary/aromatic N) is 2. The predicted octanol–water partition coefficient (Wildman–Crippen LogP) is 11.1. The number of carbonyl (C=O) groups excluding carboxylic acids is 1. The van der Waals surface area contributed by atoms with Gasteiger partial charge in [0.15, 0.2) is 16.6 Å². The molecule has 0 bridgehead atoms. The van der Waals surface area contributed by atoms with E-state index in [4.69, 9.17) is 13.6 Å². The first-order valence-corrected chi connectivity index (χ1v) is 25.0. The number of hydrogen-bond donors (Lipinski definition) is 0. The number of ether oxygens (including phenoxy) is 1. The van der Waals surface area contributed by atoms with Crippen LogP contribution in [0.2, 0.25) is 36.3 Å². The number of urea groups is 1. The lowest BCUT2D eigenvalue weighted by Crippen LogP contribution is -2.54. The van der Waals surface area contributed by atoms with Crippen LogP contribution in [0, 0.1) is 0 Å². The standard InChI is InChI=1S/C43H66N2O4Si2/c1-9-51(10-2,11-3)49-40(30-22-15-23-31-47-34-38-28-20-14-21-29-38)41-39(35-48-50(7,8)43(4,5)6)44(32-36-24-16-12-17-25-36)42(46)45(41)33-37-26-18-13-19-27-37/h12-14,16-21,24-29,39-41H,9-11,15,22-23,30-35H2,1-8H3. The molecule has 0 radical (unpaired) electrons. The maximum absolute atomic E-state index is 14.8. The van der Waals surface area contributed by atoms with E-state index < -0.39 is 16.6 Å². The SMILES string of the molecule is CC[Si](CC)(CC)OC(CCCCCOCc1ccccc1)C1C(CO[Si](C)(C)C(C)(C)C)N(Cc2ccccc2)C(=O)N1Cc1ccccc1. The van der Waals surface area contributed by atoms with Gasteiger partial charge in [-0.2, -0.15) is 0 Å². The summed E-state index contributed by atoms with van der Waals surface area (Å²) in [5, 5.41) is 0.0618. The lowest BCUT2D eigenvalue weighted by molar-refractivity contribution is 0.0519. The first-order chi connectivity index (χ1) is 24.4. The molecule has 0 spiro atoms. The number of carbonyl (C=O) groups is 1. The summed E-state index contributed by atoms with van der Waals surface area (Å²) in [5.41, 5.74) is 3.48. The quantitative estimate of drug-likeness (QED) is 0.0809. The van der Waals surface area contributed by atoms with Crippen molar-refractivity contribution in [2.45, 2.75) is 141 Å². The Balaban J connectivity index is 1.66.